The van der Waals surface area contributed by atoms with E-state index in [-0.39, 0.29) is 0 Å². The summed E-state index contributed by atoms with van der Waals surface area (Å²) in [5, 5.41) is 0. The molecule has 0 spiro atoms. The molecule has 0 aliphatic heterocycles. The predicted octanol–water partition coefficient (Wildman–Crippen LogP) is 2.21. The quantitative estimate of drug-likeness (QED) is 0.325. The van der Waals surface area contributed by atoms with Crippen molar-refractivity contribution in [1.82, 2.24) is 4.90 Å². The van der Waals surface area contributed by atoms with Gasteiger partial charge in [-0.2, -0.15) is 0 Å². The number of unbranched alkanes of at least 4 members (excludes halogenated alkanes) is 3. The number of amides is 1. The smallest absolute Gasteiger partial charge is 0.209 e. The highest BCUT2D eigenvalue weighted by Gasteiger charge is 1.86. The van der Waals surface area contributed by atoms with Crippen molar-refractivity contribution in [2.75, 3.05) is 13.6 Å². The second-order valence-corrected chi connectivity index (χ2v) is 3.01. The third-order valence-electron chi connectivity index (χ3n) is 1.71. The Balaban J connectivity index is 3.19. The minimum atomic E-state index is 0.732. The summed E-state index contributed by atoms with van der Waals surface area (Å²) in [5.74, 6) is 0. The van der Waals surface area contributed by atoms with Crippen LogP contribution in [0.5, 0.6) is 0 Å². The number of nitrogens with zero attached hydrogens (tertiary/aromatic N) is 1. The van der Waals surface area contributed by atoms with Gasteiger partial charge < -0.3 is 4.90 Å². The van der Waals surface area contributed by atoms with E-state index in [2.05, 4.69) is 13.0 Å². The zero-order chi connectivity index (χ0) is 9.23. The summed E-state index contributed by atoms with van der Waals surface area (Å²) in [6.07, 6.45) is 10.0. The lowest BCUT2D eigenvalue weighted by Gasteiger charge is -2.04. The van der Waals surface area contributed by atoms with E-state index in [1.807, 2.05) is 6.08 Å². The number of hydrogen-bond acceptors (Lipinski definition) is 1. The third kappa shape index (κ3) is 7.32. The molecule has 0 bridgehead atoms. The van der Waals surface area contributed by atoms with Gasteiger partial charge in [-0.25, -0.2) is 0 Å². The van der Waals surface area contributed by atoms with Crippen LogP contribution in [0, 0.1) is 0 Å². The molecule has 0 fully saturated rings. The van der Waals surface area contributed by atoms with Crippen LogP contribution in [0.15, 0.2) is 12.2 Å². The van der Waals surface area contributed by atoms with Gasteiger partial charge >= 0.3 is 0 Å². The maximum absolute atomic E-state index is 10.2. The molecular weight excluding hydrogens is 150 g/mol. The van der Waals surface area contributed by atoms with Gasteiger partial charge in [0.1, 0.15) is 0 Å². The van der Waals surface area contributed by atoms with Gasteiger partial charge in [0, 0.05) is 13.6 Å². The van der Waals surface area contributed by atoms with Crippen LogP contribution in [0.2, 0.25) is 0 Å². The SMILES string of the molecule is CCCCCC=CCN(C)C=O. The van der Waals surface area contributed by atoms with Crippen LogP contribution in [0.1, 0.15) is 32.6 Å². The van der Waals surface area contributed by atoms with Gasteiger partial charge in [-0.1, -0.05) is 31.9 Å². The lowest BCUT2D eigenvalue weighted by molar-refractivity contribution is -0.116. The van der Waals surface area contributed by atoms with Crippen LogP contribution >= 0.6 is 0 Å². The Hall–Kier alpha value is -0.790. The fourth-order valence-electron chi connectivity index (χ4n) is 0.914. The maximum atomic E-state index is 10.2. The van der Waals surface area contributed by atoms with E-state index in [0.717, 1.165) is 19.4 Å². The summed E-state index contributed by atoms with van der Waals surface area (Å²) in [5.41, 5.74) is 0. The summed E-state index contributed by atoms with van der Waals surface area (Å²) in [6.45, 7) is 2.93. The van der Waals surface area contributed by atoms with E-state index in [1.165, 1.54) is 19.3 Å². The van der Waals surface area contributed by atoms with Crippen LogP contribution < -0.4 is 0 Å². The molecule has 2 nitrogen and oxygen atoms in total. The van der Waals surface area contributed by atoms with Gasteiger partial charge in [0.15, 0.2) is 0 Å². The Morgan fingerprint density at radius 2 is 2.00 bits per heavy atom. The van der Waals surface area contributed by atoms with Crippen molar-refractivity contribution in [2.45, 2.75) is 32.6 Å². The minimum absolute atomic E-state index is 0.732. The highest BCUT2D eigenvalue weighted by molar-refractivity contribution is 5.46. The normalized spacial score (nSPS) is 10.5. The molecule has 0 heterocycles. The van der Waals surface area contributed by atoms with Gasteiger partial charge in [0.2, 0.25) is 6.41 Å². The van der Waals surface area contributed by atoms with E-state index >= 15 is 0 Å². The Kier molecular flexibility index (Phi) is 7.76. The molecule has 0 saturated heterocycles. The van der Waals surface area contributed by atoms with Crippen LogP contribution in [0.25, 0.3) is 0 Å². The molecule has 0 unspecified atom stereocenters. The summed E-state index contributed by atoms with van der Waals surface area (Å²) < 4.78 is 0. The Morgan fingerprint density at radius 1 is 1.25 bits per heavy atom. The molecule has 2 heteroatoms. The van der Waals surface area contributed by atoms with Gasteiger partial charge in [-0.3, -0.25) is 4.79 Å². The highest BCUT2D eigenvalue weighted by Crippen LogP contribution is 1.99. The van der Waals surface area contributed by atoms with E-state index in [1.54, 1.807) is 11.9 Å². The molecule has 0 radical (unpaired) electrons. The molecule has 0 aliphatic carbocycles. The second-order valence-electron chi connectivity index (χ2n) is 3.01. The van der Waals surface area contributed by atoms with Crippen molar-refractivity contribution in [3.8, 4) is 0 Å². The van der Waals surface area contributed by atoms with Crippen molar-refractivity contribution in [3.63, 3.8) is 0 Å². The molecule has 0 N–H and O–H groups in total. The molecule has 0 aromatic rings. The van der Waals surface area contributed by atoms with Crippen LogP contribution in [-0.4, -0.2) is 24.9 Å². The van der Waals surface area contributed by atoms with Crippen molar-refractivity contribution < 1.29 is 4.79 Å². The first-order valence-electron chi connectivity index (χ1n) is 4.61. The molecule has 0 saturated carbocycles. The summed E-state index contributed by atoms with van der Waals surface area (Å²) >= 11 is 0. The summed E-state index contributed by atoms with van der Waals surface area (Å²) in [6, 6.07) is 0. The van der Waals surface area contributed by atoms with Gasteiger partial charge in [0.25, 0.3) is 0 Å². The van der Waals surface area contributed by atoms with Crippen LogP contribution in [0.3, 0.4) is 0 Å². The monoisotopic (exact) mass is 169 g/mol. The van der Waals surface area contributed by atoms with Gasteiger partial charge in [0.05, 0.1) is 0 Å². The standard InChI is InChI=1S/C10H19NO/c1-3-4-5-6-7-8-9-11(2)10-12/h7-8,10H,3-6,9H2,1-2H3. The topological polar surface area (TPSA) is 20.3 Å². The first-order valence-corrected chi connectivity index (χ1v) is 4.61. The number of rotatable bonds is 7. The van der Waals surface area contributed by atoms with Crippen molar-refractivity contribution in [1.29, 1.82) is 0 Å². The molecular formula is C10H19NO. The molecule has 70 valence electrons. The first kappa shape index (κ1) is 11.2. The molecule has 1 amide bonds. The fraction of sp³-hybridized carbons (Fsp3) is 0.700. The van der Waals surface area contributed by atoms with Gasteiger partial charge in [-0.15, -0.1) is 0 Å². The van der Waals surface area contributed by atoms with E-state index in [0.29, 0.717) is 0 Å². The zero-order valence-electron chi connectivity index (χ0n) is 8.12. The summed E-state index contributed by atoms with van der Waals surface area (Å²) in [7, 11) is 1.78. The lowest BCUT2D eigenvalue weighted by atomic mass is 10.2. The van der Waals surface area contributed by atoms with E-state index < -0.39 is 0 Å². The van der Waals surface area contributed by atoms with E-state index in [4.69, 9.17) is 0 Å². The number of allylic oxidation sites excluding steroid dienone is 1. The molecule has 0 aromatic carbocycles. The van der Waals surface area contributed by atoms with Gasteiger partial charge in [-0.05, 0) is 12.8 Å². The zero-order valence-corrected chi connectivity index (χ0v) is 8.12. The predicted molar refractivity (Wildman–Crippen MR) is 52.0 cm³/mol. The van der Waals surface area contributed by atoms with Crippen molar-refractivity contribution in [2.24, 2.45) is 0 Å². The fourth-order valence-corrected chi connectivity index (χ4v) is 0.914. The number of likely N-dealkylation sites (N-methyl/N-ethyl adjacent to an activating group) is 1. The third-order valence-corrected chi connectivity index (χ3v) is 1.71. The van der Waals surface area contributed by atoms with Crippen molar-refractivity contribution >= 4 is 6.41 Å². The second kappa shape index (κ2) is 8.31. The Labute approximate surface area is 75.3 Å². The minimum Gasteiger partial charge on any atom is -0.345 e. The molecule has 0 atom stereocenters. The number of hydrogen-bond donors (Lipinski definition) is 0. The Bertz CT molecular complexity index is 132. The molecule has 0 aromatic heterocycles. The average molecular weight is 169 g/mol. The highest BCUT2D eigenvalue weighted by atomic mass is 16.1. The van der Waals surface area contributed by atoms with Crippen LogP contribution in [-0.2, 0) is 4.79 Å². The average Bonchev–Trinajstić information content (AvgIpc) is 2.10. The van der Waals surface area contributed by atoms with Crippen LogP contribution in [0.4, 0.5) is 0 Å². The van der Waals surface area contributed by atoms with Crippen molar-refractivity contribution in [3.05, 3.63) is 12.2 Å². The number of carbonyl (C=O) groups is 1. The summed E-state index contributed by atoms with van der Waals surface area (Å²) in [4.78, 5) is 11.8. The number of carbonyl (C=O) groups excluding carboxylic acids is 1. The molecule has 0 rings (SSSR count). The lowest BCUT2D eigenvalue weighted by Crippen LogP contribution is -2.14. The molecule has 0 aliphatic rings. The maximum Gasteiger partial charge on any atom is 0.209 e. The van der Waals surface area contributed by atoms with E-state index in [9.17, 15) is 4.79 Å². The first-order chi connectivity index (χ1) is 5.81. The molecule has 12 heavy (non-hydrogen) atoms. The Morgan fingerprint density at radius 3 is 2.58 bits per heavy atom. The largest absolute Gasteiger partial charge is 0.345 e.